The topological polar surface area (TPSA) is 91.2 Å². The summed E-state index contributed by atoms with van der Waals surface area (Å²) in [4.78, 5) is 12.1. The molecule has 1 aliphatic heterocycles. The lowest BCUT2D eigenvalue weighted by Crippen LogP contribution is -2.23. The van der Waals surface area contributed by atoms with Gasteiger partial charge in [-0.15, -0.1) is 5.10 Å². The lowest BCUT2D eigenvalue weighted by atomic mass is 10.1. The van der Waals surface area contributed by atoms with E-state index in [0.29, 0.717) is 24.7 Å². The Hall–Kier alpha value is -2.48. The number of nitrogens with zero attached hydrogens (tertiary/aromatic N) is 4. The molecule has 1 fully saturated rings. The molecule has 21 heavy (non-hydrogen) atoms. The van der Waals surface area contributed by atoms with E-state index in [2.05, 4.69) is 20.8 Å². The highest BCUT2D eigenvalue weighted by molar-refractivity contribution is 5.94. The van der Waals surface area contributed by atoms with Crippen LogP contribution >= 0.6 is 0 Å². The van der Waals surface area contributed by atoms with Crippen molar-refractivity contribution in [2.75, 3.05) is 25.6 Å². The molecule has 0 bridgehead atoms. The number of anilines is 1. The van der Waals surface area contributed by atoms with Crippen LogP contribution in [0.5, 0.6) is 5.75 Å². The molecule has 3 rings (SSSR count). The van der Waals surface area contributed by atoms with Gasteiger partial charge in [0.1, 0.15) is 12.1 Å². The number of aromatic nitrogens is 4. The van der Waals surface area contributed by atoms with Gasteiger partial charge < -0.3 is 14.8 Å². The quantitative estimate of drug-likeness (QED) is 0.888. The van der Waals surface area contributed by atoms with Crippen molar-refractivity contribution in [1.82, 2.24) is 20.2 Å². The maximum atomic E-state index is 12.1. The Labute approximate surface area is 121 Å². The lowest BCUT2D eigenvalue weighted by Gasteiger charge is -2.13. The largest absolute Gasteiger partial charge is 0.494 e. The van der Waals surface area contributed by atoms with Crippen LogP contribution in [-0.2, 0) is 9.53 Å². The summed E-state index contributed by atoms with van der Waals surface area (Å²) in [5.41, 5.74) is 1.37. The van der Waals surface area contributed by atoms with Crippen molar-refractivity contribution in [3.8, 4) is 11.4 Å². The van der Waals surface area contributed by atoms with Crippen LogP contribution in [0.25, 0.3) is 5.69 Å². The number of methoxy groups -OCH3 is 1. The first-order valence-electron chi connectivity index (χ1n) is 6.58. The molecule has 110 valence electrons. The molecule has 2 aromatic rings. The van der Waals surface area contributed by atoms with E-state index >= 15 is 0 Å². The molecule has 1 aromatic heterocycles. The first-order valence-corrected chi connectivity index (χ1v) is 6.58. The highest BCUT2D eigenvalue weighted by Gasteiger charge is 2.24. The average Bonchev–Trinajstić information content (AvgIpc) is 3.20. The van der Waals surface area contributed by atoms with Gasteiger partial charge in [0, 0.05) is 12.7 Å². The number of hydrogen-bond donors (Lipinski definition) is 1. The third-order valence-electron chi connectivity index (χ3n) is 3.36. The van der Waals surface area contributed by atoms with Crippen LogP contribution in [0.4, 0.5) is 5.69 Å². The zero-order valence-corrected chi connectivity index (χ0v) is 11.5. The standard InChI is InChI=1S/C13H15N5O3/c1-20-12-6-10(18-8-14-16-17-18)2-3-11(12)15-13(19)9-4-5-21-7-9/h2-3,6,8-9H,4-5,7H2,1H3,(H,15,19). The highest BCUT2D eigenvalue weighted by atomic mass is 16.5. The second kappa shape index (κ2) is 5.88. The first kappa shape index (κ1) is 13.5. The molecule has 1 unspecified atom stereocenters. The fourth-order valence-corrected chi connectivity index (χ4v) is 2.18. The molecule has 1 amide bonds. The Morgan fingerprint density at radius 3 is 3.10 bits per heavy atom. The van der Waals surface area contributed by atoms with E-state index in [0.717, 1.165) is 12.1 Å². The molecule has 1 atom stereocenters. The lowest BCUT2D eigenvalue weighted by molar-refractivity contribution is -0.119. The molecule has 2 heterocycles. The molecule has 0 radical (unpaired) electrons. The molecule has 0 aliphatic carbocycles. The second-order valence-corrected chi connectivity index (χ2v) is 4.69. The van der Waals surface area contributed by atoms with E-state index in [1.807, 2.05) is 0 Å². The van der Waals surface area contributed by atoms with E-state index in [4.69, 9.17) is 9.47 Å². The number of amides is 1. The van der Waals surface area contributed by atoms with Gasteiger partial charge in [0.05, 0.1) is 31.0 Å². The molecule has 8 nitrogen and oxygen atoms in total. The minimum Gasteiger partial charge on any atom is -0.494 e. The summed E-state index contributed by atoms with van der Waals surface area (Å²) in [6.07, 6.45) is 2.24. The minimum absolute atomic E-state index is 0.0547. The fraction of sp³-hybridized carbons (Fsp3) is 0.385. The number of rotatable bonds is 4. The number of tetrazole rings is 1. The predicted octanol–water partition coefficient (Wildman–Crippen LogP) is 0.646. The van der Waals surface area contributed by atoms with Gasteiger partial charge in [0.2, 0.25) is 5.91 Å². The monoisotopic (exact) mass is 289 g/mol. The SMILES string of the molecule is COc1cc(-n2cnnn2)ccc1NC(=O)C1CCOC1. The summed E-state index contributed by atoms with van der Waals surface area (Å²) in [7, 11) is 1.55. The number of carbonyl (C=O) groups is 1. The number of benzene rings is 1. The third-order valence-corrected chi connectivity index (χ3v) is 3.36. The molecule has 1 aliphatic rings. The van der Waals surface area contributed by atoms with Crippen LogP contribution in [0.3, 0.4) is 0 Å². The van der Waals surface area contributed by atoms with Gasteiger partial charge in [-0.05, 0) is 29.0 Å². The van der Waals surface area contributed by atoms with Crippen molar-refractivity contribution in [2.24, 2.45) is 5.92 Å². The normalized spacial score (nSPS) is 17.7. The van der Waals surface area contributed by atoms with Gasteiger partial charge in [-0.25, -0.2) is 4.68 Å². The summed E-state index contributed by atoms with van der Waals surface area (Å²) in [5.74, 6) is 0.394. The van der Waals surface area contributed by atoms with E-state index in [1.165, 1.54) is 11.0 Å². The zero-order valence-electron chi connectivity index (χ0n) is 11.5. The Balaban J connectivity index is 1.80. The Bertz CT molecular complexity index is 623. The second-order valence-electron chi connectivity index (χ2n) is 4.69. The Morgan fingerprint density at radius 2 is 2.43 bits per heavy atom. The zero-order chi connectivity index (χ0) is 14.7. The molecule has 1 N–H and O–H groups in total. The van der Waals surface area contributed by atoms with E-state index in [1.54, 1.807) is 25.3 Å². The van der Waals surface area contributed by atoms with Gasteiger partial charge in [-0.1, -0.05) is 0 Å². The van der Waals surface area contributed by atoms with Crippen molar-refractivity contribution in [1.29, 1.82) is 0 Å². The van der Waals surface area contributed by atoms with E-state index in [-0.39, 0.29) is 11.8 Å². The molecule has 1 saturated heterocycles. The van der Waals surface area contributed by atoms with Crippen molar-refractivity contribution in [3.63, 3.8) is 0 Å². The van der Waals surface area contributed by atoms with Gasteiger partial charge in [0.25, 0.3) is 0 Å². The fourth-order valence-electron chi connectivity index (χ4n) is 2.18. The Morgan fingerprint density at radius 1 is 1.52 bits per heavy atom. The minimum atomic E-state index is -0.103. The van der Waals surface area contributed by atoms with Crippen LogP contribution in [0.2, 0.25) is 0 Å². The predicted molar refractivity (Wildman–Crippen MR) is 73.3 cm³/mol. The van der Waals surface area contributed by atoms with Crippen LogP contribution in [0.15, 0.2) is 24.5 Å². The van der Waals surface area contributed by atoms with Crippen LogP contribution in [-0.4, -0.2) is 46.4 Å². The van der Waals surface area contributed by atoms with Gasteiger partial charge in [-0.2, -0.15) is 0 Å². The summed E-state index contributed by atoms with van der Waals surface area (Å²) < 4.78 is 12.1. The maximum Gasteiger partial charge on any atom is 0.230 e. The van der Waals surface area contributed by atoms with E-state index in [9.17, 15) is 4.79 Å². The molecular weight excluding hydrogens is 274 g/mol. The molecule has 0 spiro atoms. The summed E-state index contributed by atoms with van der Waals surface area (Å²) in [5, 5.41) is 13.9. The van der Waals surface area contributed by atoms with Gasteiger partial charge in [-0.3, -0.25) is 4.79 Å². The van der Waals surface area contributed by atoms with Gasteiger partial charge >= 0.3 is 0 Å². The van der Waals surface area contributed by atoms with Crippen LogP contribution < -0.4 is 10.1 Å². The van der Waals surface area contributed by atoms with Crippen molar-refractivity contribution >= 4 is 11.6 Å². The van der Waals surface area contributed by atoms with Crippen molar-refractivity contribution in [3.05, 3.63) is 24.5 Å². The Kier molecular flexibility index (Phi) is 3.78. The van der Waals surface area contributed by atoms with E-state index < -0.39 is 0 Å². The van der Waals surface area contributed by atoms with Gasteiger partial charge in [0.15, 0.2) is 0 Å². The van der Waals surface area contributed by atoms with Crippen LogP contribution in [0, 0.1) is 5.92 Å². The maximum absolute atomic E-state index is 12.1. The van der Waals surface area contributed by atoms with Crippen molar-refractivity contribution < 1.29 is 14.3 Å². The average molecular weight is 289 g/mol. The summed E-state index contributed by atoms with van der Waals surface area (Å²) >= 11 is 0. The number of carbonyl (C=O) groups excluding carboxylic acids is 1. The number of hydrogen-bond acceptors (Lipinski definition) is 6. The van der Waals surface area contributed by atoms with Crippen molar-refractivity contribution in [2.45, 2.75) is 6.42 Å². The molecule has 8 heteroatoms. The summed E-state index contributed by atoms with van der Waals surface area (Å²) in [6.45, 7) is 1.10. The first-order chi connectivity index (χ1) is 10.3. The number of ether oxygens (including phenoxy) is 2. The highest BCUT2D eigenvalue weighted by Crippen LogP contribution is 2.28. The molecule has 1 aromatic carbocycles. The molecular formula is C13H15N5O3. The molecule has 0 saturated carbocycles. The number of nitrogens with one attached hydrogen (secondary N) is 1. The summed E-state index contributed by atoms with van der Waals surface area (Å²) in [6, 6.07) is 5.33. The smallest absolute Gasteiger partial charge is 0.230 e. The van der Waals surface area contributed by atoms with Crippen LogP contribution in [0.1, 0.15) is 6.42 Å². The third kappa shape index (κ3) is 2.84.